The molecule has 1 aliphatic carbocycles. The van der Waals surface area contributed by atoms with Crippen LogP contribution in [0.15, 0.2) is 30.3 Å². The Kier molecular flexibility index (Phi) is 6.70. The molecule has 11 heteroatoms. The number of carbonyl (C=O) groups is 3. The number of anilines is 1. The van der Waals surface area contributed by atoms with Gasteiger partial charge < -0.3 is 20.0 Å². The van der Waals surface area contributed by atoms with Crippen LogP contribution < -0.4 is 15.4 Å². The van der Waals surface area contributed by atoms with E-state index in [1.807, 2.05) is 24.2 Å². The van der Waals surface area contributed by atoms with E-state index in [0.29, 0.717) is 44.1 Å². The van der Waals surface area contributed by atoms with Crippen molar-refractivity contribution in [3.8, 4) is 0 Å². The van der Waals surface area contributed by atoms with Crippen LogP contribution in [0.5, 0.6) is 0 Å². The fourth-order valence-corrected chi connectivity index (χ4v) is 5.72. The van der Waals surface area contributed by atoms with Gasteiger partial charge in [-0.15, -0.1) is 0 Å². The predicted octanol–water partition coefficient (Wildman–Crippen LogP) is 0.617. The lowest BCUT2D eigenvalue weighted by atomic mass is 9.94. The van der Waals surface area contributed by atoms with Crippen LogP contribution >= 0.6 is 0 Å². The smallest absolute Gasteiger partial charge is 0.274 e. The number of nitroso groups, excluding NO2 is 1. The molecule has 3 amide bonds. The molecule has 0 spiro atoms. The van der Waals surface area contributed by atoms with Crippen molar-refractivity contribution in [2.24, 2.45) is 0 Å². The molecule has 1 aromatic heterocycles. The zero-order chi connectivity index (χ0) is 26.2. The van der Waals surface area contributed by atoms with Crippen LogP contribution in [-0.4, -0.2) is 81.6 Å². The number of nitrogens with zero attached hydrogens (tertiary/aromatic N) is 5. The number of benzene rings is 1. The summed E-state index contributed by atoms with van der Waals surface area (Å²) in [5.41, 5.74) is 0.978. The maximum atomic E-state index is 13.4. The SMILES string of the molecule is CCN1C(=O)c2cc(C(=O)N3CCN(c4ccc([NH+]=O)cc4)CC3)nn2CC1(C)C(=O)NC1CCCC1. The summed E-state index contributed by atoms with van der Waals surface area (Å²) in [4.78, 5) is 56.3. The first-order valence-corrected chi connectivity index (χ1v) is 13.1. The maximum absolute atomic E-state index is 13.4. The highest BCUT2D eigenvalue weighted by Gasteiger charge is 2.48. The highest BCUT2D eigenvalue weighted by molar-refractivity contribution is 6.02. The predicted molar refractivity (Wildman–Crippen MR) is 136 cm³/mol. The van der Waals surface area contributed by atoms with Crippen molar-refractivity contribution in [2.45, 2.75) is 57.7 Å². The van der Waals surface area contributed by atoms with Gasteiger partial charge in [-0.2, -0.15) is 5.10 Å². The summed E-state index contributed by atoms with van der Waals surface area (Å²) >= 11 is 0. The monoisotopic (exact) mass is 508 g/mol. The molecule has 3 heterocycles. The molecule has 0 radical (unpaired) electrons. The van der Waals surface area contributed by atoms with E-state index in [0.717, 1.165) is 31.4 Å². The van der Waals surface area contributed by atoms with E-state index in [1.54, 1.807) is 34.9 Å². The second-order valence-electron chi connectivity index (χ2n) is 10.3. The Morgan fingerprint density at radius 2 is 1.78 bits per heavy atom. The van der Waals surface area contributed by atoms with E-state index < -0.39 is 5.54 Å². The van der Waals surface area contributed by atoms with Crippen LogP contribution in [-0.2, 0) is 11.3 Å². The van der Waals surface area contributed by atoms with Gasteiger partial charge in [-0.1, -0.05) is 12.8 Å². The van der Waals surface area contributed by atoms with Crippen LogP contribution in [0.4, 0.5) is 11.4 Å². The number of amides is 3. The minimum Gasteiger partial charge on any atom is -0.368 e. The number of hydrogen-bond acceptors (Lipinski definition) is 6. The number of nitrogens with one attached hydrogen (secondary N) is 2. The van der Waals surface area contributed by atoms with Crippen molar-refractivity contribution < 1.29 is 19.6 Å². The molecule has 196 valence electrons. The average Bonchev–Trinajstić information content (AvgIpc) is 3.59. The lowest BCUT2D eigenvalue weighted by Crippen LogP contribution is -2.64. The number of piperazine rings is 1. The van der Waals surface area contributed by atoms with Crippen LogP contribution in [0, 0.1) is 4.91 Å². The van der Waals surface area contributed by atoms with Crippen molar-refractivity contribution in [3.63, 3.8) is 0 Å². The first-order valence-electron chi connectivity index (χ1n) is 13.1. The molecule has 1 atom stereocenters. The van der Waals surface area contributed by atoms with Crippen LogP contribution in [0.1, 0.15) is 60.5 Å². The Hall–Kier alpha value is -3.76. The summed E-state index contributed by atoms with van der Waals surface area (Å²) in [5.74, 6) is -0.676. The van der Waals surface area contributed by atoms with Gasteiger partial charge in [0.2, 0.25) is 5.91 Å². The van der Waals surface area contributed by atoms with Gasteiger partial charge in [0.1, 0.15) is 11.2 Å². The topological polar surface area (TPSA) is 122 Å². The highest BCUT2D eigenvalue weighted by Crippen LogP contribution is 2.29. The number of fused-ring (bicyclic) bond motifs is 1. The lowest BCUT2D eigenvalue weighted by molar-refractivity contribution is -0.379. The second kappa shape index (κ2) is 9.95. The summed E-state index contributed by atoms with van der Waals surface area (Å²) in [7, 11) is 0. The average molecular weight is 509 g/mol. The number of likely N-dealkylation sites (N-methyl/N-ethyl adjacent to an activating group) is 1. The lowest BCUT2D eigenvalue weighted by Gasteiger charge is -2.43. The Morgan fingerprint density at radius 3 is 2.41 bits per heavy atom. The van der Waals surface area contributed by atoms with Crippen molar-refractivity contribution >= 4 is 29.1 Å². The van der Waals surface area contributed by atoms with Crippen molar-refractivity contribution in [1.29, 1.82) is 0 Å². The van der Waals surface area contributed by atoms with Gasteiger partial charge in [0.25, 0.3) is 17.5 Å². The number of hydrogen-bond donors (Lipinski definition) is 2. The molecule has 2 aromatic rings. The van der Waals surface area contributed by atoms with Crippen LogP contribution in [0.2, 0.25) is 0 Å². The molecule has 1 saturated heterocycles. The molecule has 2 N–H and O–H groups in total. The molecular weight excluding hydrogens is 474 g/mol. The summed E-state index contributed by atoms with van der Waals surface area (Å²) in [6.07, 6.45) is 4.13. The summed E-state index contributed by atoms with van der Waals surface area (Å²) in [5, 5.41) is 9.51. The molecule has 1 saturated carbocycles. The van der Waals surface area contributed by atoms with E-state index in [4.69, 9.17) is 0 Å². The molecule has 3 aliphatic rings. The number of rotatable bonds is 6. The van der Waals surface area contributed by atoms with Gasteiger partial charge in [0.15, 0.2) is 5.69 Å². The molecule has 37 heavy (non-hydrogen) atoms. The van der Waals surface area contributed by atoms with Crippen molar-refractivity contribution in [2.75, 3.05) is 37.6 Å². The summed E-state index contributed by atoms with van der Waals surface area (Å²) in [6.45, 7) is 6.55. The molecule has 1 unspecified atom stereocenters. The Labute approximate surface area is 215 Å². The zero-order valence-corrected chi connectivity index (χ0v) is 21.4. The molecule has 2 fully saturated rings. The third-order valence-electron chi connectivity index (χ3n) is 7.93. The second-order valence-corrected chi connectivity index (χ2v) is 10.3. The van der Waals surface area contributed by atoms with Crippen molar-refractivity contribution in [3.05, 3.63) is 46.6 Å². The highest BCUT2D eigenvalue weighted by atomic mass is 16.3. The molecule has 1 aromatic carbocycles. The minimum atomic E-state index is -1.07. The van der Waals surface area contributed by atoms with Gasteiger partial charge in [0.05, 0.1) is 6.54 Å². The Bertz CT molecular complexity index is 1200. The summed E-state index contributed by atoms with van der Waals surface area (Å²) < 4.78 is 1.53. The first kappa shape index (κ1) is 24.9. The zero-order valence-electron chi connectivity index (χ0n) is 21.4. The third kappa shape index (κ3) is 4.58. The van der Waals surface area contributed by atoms with E-state index >= 15 is 0 Å². The van der Waals surface area contributed by atoms with Crippen molar-refractivity contribution in [1.82, 2.24) is 24.9 Å². The molecular formula is C26H34N7O4+. The largest absolute Gasteiger partial charge is 0.368 e. The first-order chi connectivity index (χ1) is 17.8. The van der Waals surface area contributed by atoms with Crippen LogP contribution in [0.3, 0.4) is 0 Å². The minimum absolute atomic E-state index is 0.147. The molecule has 5 rings (SSSR count). The van der Waals surface area contributed by atoms with Gasteiger partial charge in [-0.05, 0) is 38.8 Å². The molecule has 11 nitrogen and oxygen atoms in total. The number of carbonyl (C=O) groups excluding carboxylic acids is 3. The van der Waals surface area contributed by atoms with Gasteiger partial charge in [-0.3, -0.25) is 19.1 Å². The molecule has 2 aliphatic heterocycles. The quantitative estimate of drug-likeness (QED) is 0.590. The van der Waals surface area contributed by atoms with Gasteiger partial charge in [-0.25, -0.2) is 0 Å². The number of aromatic nitrogens is 2. The van der Waals surface area contributed by atoms with E-state index in [9.17, 15) is 19.3 Å². The van der Waals surface area contributed by atoms with Gasteiger partial charge in [0, 0.05) is 72.7 Å². The Balaban J connectivity index is 1.29. The van der Waals surface area contributed by atoms with E-state index in [-0.39, 0.29) is 36.0 Å². The fraction of sp³-hybridized carbons (Fsp3) is 0.538. The van der Waals surface area contributed by atoms with Gasteiger partial charge >= 0.3 is 0 Å². The summed E-state index contributed by atoms with van der Waals surface area (Å²) in [6, 6.07) is 8.93. The van der Waals surface area contributed by atoms with Crippen LogP contribution in [0.25, 0.3) is 0 Å². The Morgan fingerprint density at radius 1 is 1.11 bits per heavy atom. The standard InChI is InChI=1S/C26H33N7O4/c1-3-32-24(35)22-16-21(28-33(22)17-26(32,2)25(36)27-18-6-4-5-7-18)23(34)31-14-12-30(13-15-31)20-10-8-19(29-37)9-11-20/h8-11,16,18H,3-7,12-15,17H2,1-2H3,(H,27,36)/p+1. The third-order valence-corrected chi connectivity index (χ3v) is 7.93. The normalized spacial score (nSPS) is 22.2. The van der Waals surface area contributed by atoms with E-state index in [2.05, 4.69) is 15.3 Å². The fourth-order valence-electron chi connectivity index (χ4n) is 5.72. The molecule has 0 bridgehead atoms. The van der Waals surface area contributed by atoms with E-state index in [1.165, 1.54) is 4.68 Å². The maximum Gasteiger partial charge on any atom is 0.274 e.